The Kier molecular flexibility index (Phi) is 2.83. The number of rotatable bonds is 3. The number of fused-ring (bicyclic) bond motifs is 1. The van der Waals surface area contributed by atoms with Crippen molar-refractivity contribution in [2.45, 2.75) is 19.4 Å². The Balaban J connectivity index is 2.62. The zero-order chi connectivity index (χ0) is 11.7. The van der Waals surface area contributed by atoms with Crippen molar-refractivity contribution in [3.63, 3.8) is 0 Å². The molecule has 1 unspecified atom stereocenters. The fourth-order valence-corrected chi connectivity index (χ4v) is 1.99. The van der Waals surface area contributed by atoms with E-state index in [1.165, 1.54) is 0 Å². The van der Waals surface area contributed by atoms with E-state index in [9.17, 15) is 0 Å². The van der Waals surface area contributed by atoms with Crippen LogP contribution in [0.2, 0.25) is 0 Å². The minimum absolute atomic E-state index is 0.115. The number of hydrogen-bond donors (Lipinski definition) is 1. The number of hydrogen-bond acceptors (Lipinski definition) is 3. The summed E-state index contributed by atoms with van der Waals surface area (Å²) in [7, 11) is 3.60. The van der Waals surface area contributed by atoms with Crippen LogP contribution >= 0.6 is 0 Å². The molecular formula is C12H17N3O. The van der Waals surface area contributed by atoms with Crippen molar-refractivity contribution in [3.8, 4) is 5.75 Å². The molecule has 1 aromatic heterocycles. The summed E-state index contributed by atoms with van der Waals surface area (Å²) >= 11 is 0. The molecule has 2 rings (SSSR count). The molecule has 2 aromatic rings. The Morgan fingerprint density at radius 3 is 2.88 bits per heavy atom. The standard InChI is InChI=1S/C12H17N3O/c1-8(13)7-10-9-5-4-6-11(16-3)12(9)15(2)14-10/h4-6,8H,7,13H2,1-3H3. The van der Waals surface area contributed by atoms with Crippen molar-refractivity contribution in [1.82, 2.24) is 9.78 Å². The molecule has 0 radical (unpaired) electrons. The fourth-order valence-electron chi connectivity index (χ4n) is 1.99. The summed E-state index contributed by atoms with van der Waals surface area (Å²) in [6, 6.07) is 6.10. The van der Waals surface area contributed by atoms with Gasteiger partial charge < -0.3 is 10.5 Å². The highest BCUT2D eigenvalue weighted by molar-refractivity contribution is 5.87. The molecule has 0 saturated carbocycles. The van der Waals surface area contributed by atoms with Crippen molar-refractivity contribution in [3.05, 3.63) is 23.9 Å². The molecule has 4 heteroatoms. The van der Waals surface area contributed by atoms with Crippen molar-refractivity contribution in [2.24, 2.45) is 12.8 Å². The number of ether oxygens (including phenoxy) is 1. The van der Waals surface area contributed by atoms with Crippen molar-refractivity contribution < 1.29 is 4.74 Å². The highest BCUT2D eigenvalue weighted by Gasteiger charge is 2.13. The molecule has 16 heavy (non-hydrogen) atoms. The summed E-state index contributed by atoms with van der Waals surface area (Å²) in [5.74, 6) is 0.850. The molecular weight excluding hydrogens is 202 g/mol. The molecule has 2 N–H and O–H groups in total. The second kappa shape index (κ2) is 4.14. The Labute approximate surface area is 95.0 Å². The minimum atomic E-state index is 0.115. The maximum Gasteiger partial charge on any atom is 0.144 e. The van der Waals surface area contributed by atoms with Gasteiger partial charge >= 0.3 is 0 Å². The van der Waals surface area contributed by atoms with Crippen LogP contribution < -0.4 is 10.5 Å². The van der Waals surface area contributed by atoms with Crippen LogP contribution in [-0.4, -0.2) is 22.9 Å². The molecule has 1 aromatic carbocycles. The summed E-state index contributed by atoms with van der Waals surface area (Å²) in [4.78, 5) is 0. The number of methoxy groups -OCH3 is 1. The molecule has 0 spiro atoms. The largest absolute Gasteiger partial charge is 0.494 e. The Morgan fingerprint density at radius 2 is 2.25 bits per heavy atom. The highest BCUT2D eigenvalue weighted by atomic mass is 16.5. The lowest BCUT2D eigenvalue weighted by Crippen LogP contribution is -2.18. The van der Waals surface area contributed by atoms with Gasteiger partial charge in [-0.1, -0.05) is 12.1 Å². The molecule has 86 valence electrons. The lowest BCUT2D eigenvalue weighted by molar-refractivity contribution is 0.417. The van der Waals surface area contributed by atoms with E-state index in [1.54, 1.807) is 7.11 Å². The van der Waals surface area contributed by atoms with Gasteiger partial charge in [0.15, 0.2) is 0 Å². The summed E-state index contributed by atoms with van der Waals surface area (Å²) in [6.07, 6.45) is 0.782. The monoisotopic (exact) mass is 219 g/mol. The predicted octanol–water partition coefficient (Wildman–Crippen LogP) is 1.47. The summed E-state index contributed by atoms with van der Waals surface area (Å²) < 4.78 is 7.19. The van der Waals surface area contributed by atoms with Gasteiger partial charge in [0.05, 0.1) is 12.8 Å². The molecule has 0 amide bonds. The van der Waals surface area contributed by atoms with Crippen molar-refractivity contribution in [1.29, 1.82) is 0 Å². The second-order valence-corrected chi connectivity index (χ2v) is 4.11. The molecule has 4 nitrogen and oxygen atoms in total. The third kappa shape index (κ3) is 1.76. The molecule has 0 saturated heterocycles. The van der Waals surface area contributed by atoms with Gasteiger partial charge in [0, 0.05) is 24.9 Å². The molecule has 0 aliphatic rings. The smallest absolute Gasteiger partial charge is 0.144 e. The quantitative estimate of drug-likeness (QED) is 0.850. The topological polar surface area (TPSA) is 53.1 Å². The van der Waals surface area contributed by atoms with E-state index in [4.69, 9.17) is 10.5 Å². The van der Waals surface area contributed by atoms with Crippen LogP contribution in [0.15, 0.2) is 18.2 Å². The second-order valence-electron chi connectivity index (χ2n) is 4.11. The Bertz CT molecular complexity index is 502. The number of nitrogens with two attached hydrogens (primary N) is 1. The lowest BCUT2D eigenvalue weighted by atomic mass is 10.1. The van der Waals surface area contributed by atoms with Gasteiger partial charge in [0.25, 0.3) is 0 Å². The van der Waals surface area contributed by atoms with Crippen LogP contribution in [0, 0.1) is 0 Å². The Hall–Kier alpha value is -1.55. The van der Waals surface area contributed by atoms with Crippen molar-refractivity contribution >= 4 is 10.9 Å². The van der Waals surface area contributed by atoms with E-state index in [-0.39, 0.29) is 6.04 Å². The first-order valence-electron chi connectivity index (χ1n) is 5.37. The molecule has 0 bridgehead atoms. The molecule has 0 aliphatic carbocycles. The van der Waals surface area contributed by atoms with E-state index in [0.29, 0.717) is 0 Å². The number of para-hydroxylation sites is 1. The summed E-state index contributed by atoms with van der Waals surface area (Å²) in [5, 5.41) is 5.62. The maximum atomic E-state index is 5.81. The third-order valence-corrected chi connectivity index (χ3v) is 2.64. The normalized spacial score (nSPS) is 13.0. The number of aromatic nitrogens is 2. The summed E-state index contributed by atoms with van der Waals surface area (Å²) in [6.45, 7) is 1.99. The van der Waals surface area contributed by atoms with Crippen LogP contribution in [0.4, 0.5) is 0 Å². The van der Waals surface area contributed by atoms with Gasteiger partial charge in [-0.15, -0.1) is 0 Å². The molecule has 0 aliphatic heterocycles. The van der Waals surface area contributed by atoms with Crippen LogP contribution in [0.3, 0.4) is 0 Å². The van der Waals surface area contributed by atoms with Gasteiger partial charge in [-0.05, 0) is 13.0 Å². The van der Waals surface area contributed by atoms with Gasteiger partial charge in [-0.25, -0.2) is 0 Å². The van der Waals surface area contributed by atoms with Crippen LogP contribution in [0.25, 0.3) is 10.9 Å². The molecule has 1 atom stereocenters. The zero-order valence-electron chi connectivity index (χ0n) is 9.90. The van der Waals surface area contributed by atoms with Crippen LogP contribution in [0.1, 0.15) is 12.6 Å². The third-order valence-electron chi connectivity index (χ3n) is 2.64. The highest BCUT2D eigenvalue weighted by Crippen LogP contribution is 2.27. The summed E-state index contributed by atoms with van der Waals surface area (Å²) in [5.41, 5.74) is 7.88. The Morgan fingerprint density at radius 1 is 1.50 bits per heavy atom. The molecule has 0 fully saturated rings. The van der Waals surface area contributed by atoms with E-state index in [2.05, 4.69) is 11.2 Å². The first-order valence-corrected chi connectivity index (χ1v) is 5.37. The zero-order valence-corrected chi connectivity index (χ0v) is 9.90. The minimum Gasteiger partial charge on any atom is -0.494 e. The first-order chi connectivity index (χ1) is 7.63. The first kappa shape index (κ1) is 11.0. The fraction of sp³-hybridized carbons (Fsp3) is 0.417. The van der Waals surface area contributed by atoms with Gasteiger partial charge in [0.1, 0.15) is 11.3 Å². The number of nitrogens with zero attached hydrogens (tertiary/aromatic N) is 2. The van der Waals surface area contributed by atoms with E-state index < -0.39 is 0 Å². The van der Waals surface area contributed by atoms with E-state index in [1.807, 2.05) is 30.8 Å². The predicted molar refractivity (Wildman–Crippen MR) is 64.6 cm³/mol. The van der Waals surface area contributed by atoms with Crippen LogP contribution in [-0.2, 0) is 13.5 Å². The van der Waals surface area contributed by atoms with Gasteiger partial charge in [0.2, 0.25) is 0 Å². The SMILES string of the molecule is COc1cccc2c(CC(C)N)nn(C)c12. The maximum absolute atomic E-state index is 5.81. The van der Waals surface area contributed by atoms with Crippen LogP contribution in [0.5, 0.6) is 5.75 Å². The molecule has 1 heterocycles. The van der Waals surface area contributed by atoms with Gasteiger partial charge in [-0.2, -0.15) is 5.10 Å². The lowest BCUT2D eigenvalue weighted by Gasteiger charge is -2.03. The van der Waals surface area contributed by atoms with E-state index >= 15 is 0 Å². The average Bonchev–Trinajstić information content (AvgIpc) is 2.55. The van der Waals surface area contributed by atoms with Crippen molar-refractivity contribution in [2.75, 3.05) is 7.11 Å². The number of aryl methyl sites for hydroxylation is 1. The number of benzene rings is 1. The van der Waals surface area contributed by atoms with Gasteiger partial charge in [-0.3, -0.25) is 4.68 Å². The average molecular weight is 219 g/mol. The van der Waals surface area contributed by atoms with E-state index in [0.717, 1.165) is 28.8 Å².